The number of hydrogen-bond acceptors (Lipinski definition) is 4. The van der Waals surface area contributed by atoms with Gasteiger partial charge < -0.3 is 16.2 Å². The van der Waals surface area contributed by atoms with Gasteiger partial charge in [-0.2, -0.15) is 0 Å². The van der Waals surface area contributed by atoms with E-state index in [-0.39, 0.29) is 17.8 Å². The second kappa shape index (κ2) is 9.53. The number of amidine groups is 1. The number of nitrogen functional groups attached to an aromatic ring is 1. The Labute approximate surface area is 191 Å². The van der Waals surface area contributed by atoms with Gasteiger partial charge in [-0.25, -0.2) is 0 Å². The zero-order chi connectivity index (χ0) is 22.7. The van der Waals surface area contributed by atoms with E-state index in [1.165, 1.54) is 0 Å². The molecule has 0 bridgehead atoms. The third kappa shape index (κ3) is 4.67. The lowest BCUT2D eigenvalue weighted by Gasteiger charge is -2.30. The monoisotopic (exact) mass is 449 g/mol. The third-order valence-corrected chi connectivity index (χ3v) is 7.28. The molecule has 2 unspecified atom stereocenters. The number of carboxylic acid groups (broad SMARTS) is 1. The minimum atomic E-state index is -0.846. The van der Waals surface area contributed by atoms with E-state index in [2.05, 4.69) is 5.32 Å². The lowest BCUT2D eigenvalue weighted by molar-refractivity contribution is -0.144. The molecule has 2 aromatic carbocycles. The van der Waals surface area contributed by atoms with Crippen molar-refractivity contribution >= 4 is 39.1 Å². The molecule has 0 saturated heterocycles. The molecule has 6 nitrogen and oxygen atoms in total. The van der Waals surface area contributed by atoms with E-state index in [4.69, 9.17) is 11.1 Å². The van der Waals surface area contributed by atoms with Gasteiger partial charge >= 0.3 is 5.97 Å². The van der Waals surface area contributed by atoms with Crippen molar-refractivity contribution in [1.29, 1.82) is 5.41 Å². The molecular weight excluding hydrogens is 422 g/mol. The van der Waals surface area contributed by atoms with Crippen molar-refractivity contribution in [3.63, 3.8) is 0 Å². The SMILES string of the molecule is N=C(N)c1ccc2scc(C(Cc3ccccc3)C(=O)NC3CCCC[C@H]3C(=O)O)c2c1. The van der Waals surface area contributed by atoms with Gasteiger partial charge in [0.05, 0.1) is 11.8 Å². The highest BCUT2D eigenvalue weighted by Gasteiger charge is 2.34. The summed E-state index contributed by atoms with van der Waals surface area (Å²) >= 11 is 1.56. The number of carboxylic acids is 1. The molecule has 166 valence electrons. The topological polar surface area (TPSA) is 116 Å². The number of carbonyl (C=O) groups is 2. The van der Waals surface area contributed by atoms with E-state index >= 15 is 0 Å². The van der Waals surface area contributed by atoms with Crippen LogP contribution < -0.4 is 11.1 Å². The minimum absolute atomic E-state index is 0.0142. The number of benzene rings is 2. The number of fused-ring (bicyclic) bond motifs is 1. The van der Waals surface area contributed by atoms with Crippen LogP contribution >= 0.6 is 11.3 Å². The van der Waals surface area contributed by atoms with Crippen LogP contribution in [0.25, 0.3) is 10.1 Å². The van der Waals surface area contributed by atoms with E-state index in [0.717, 1.165) is 34.1 Å². The molecule has 1 aromatic heterocycles. The van der Waals surface area contributed by atoms with Crippen LogP contribution in [0.5, 0.6) is 0 Å². The number of amides is 1. The van der Waals surface area contributed by atoms with Crippen molar-refractivity contribution in [2.45, 2.75) is 44.1 Å². The van der Waals surface area contributed by atoms with Crippen LogP contribution in [0.3, 0.4) is 0 Å². The Morgan fingerprint density at radius 2 is 1.91 bits per heavy atom. The molecule has 1 saturated carbocycles. The maximum Gasteiger partial charge on any atom is 0.308 e. The first-order valence-electron chi connectivity index (χ1n) is 10.9. The van der Waals surface area contributed by atoms with Crippen molar-refractivity contribution in [1.82, 2.24) is 5.32 Å². The van der Waals surface area contributed by atoms with E-state index < -0.39 is 17.8 Å². The summed E-state index contributed by atoms with van der Waals surface area (Å²) in [5, 5.41) is 23.4. The first kappa shape index (κ1) is 22.0. The van der Waals surface area contributed by atoms with Gasteiger partial charge in [0.15, 0.2) is 0 Å². The van der Waals surface area contributed by atoms with Crippen LogP contribution in [0.2, 0.25) is 0 Å². The standard InChI is InChI=1S/C25H27N3O3S/c26-23(27)16-10-11-22-18(13-16)20(14-32-22)19(12-15-6-2-1-3-7-15)24(29)28-21-9-5-4-8-17(21)25(30)31/h1-3,6-7,10-11,13-14,17,19,21H,4-5,8-9,12H2,(H3,26,27)(H,28,29)(H,30,31)/t17-,19?,21?/m1/s1. The molecule has 0 spiro atoms. The maximum atomic E-state index is 13.6. The fourth-order valence-electron chi connectivity index (χ4n) is 4.56. The van der Waals surface area contributed by atoms with Gasteiger partial charge in [0.25, 0.3) is 0 Å². The molecular formula is C25H27N3O3S. The molecule has 5 N–H and O–H groups in total. The van der Waals surface area contributed by atoms with Gasteiger partial charge in [-0.15, -0.1) is 11.3 Å². The highest BCUT2D eigenvalue weighted by Crippen LogP contribution is 2.35. The third-order valence-electron chi connectivity index (χ3n) is 6.30. The molecule has 3 atom stereocenters. The average Bonchev–Trinajstić information content (AvgIpc) is 3.21. The highest BCUT2D eigenvalue weighted by molar-refractivity contribution is 7.17. The van der Waals surface area contributed by atoms with Gasteiger partial charge in [0.1, 0.15) is 5.84 Å². The summed E-state index contributed by atoms with van der Waals surface area (Å²) in [5.41, 5.74) is 8.24. The van der Waals surface area contributed by atoms with Crippen LogP contribution in [0.4, 0.5) is 0 Å². The van der Waals surface area contributed by atoms with Crippen molar-refractivity contribution in [3.8, 4) is 0 Å². The molecule has 1 heterocycles. The van der Waals surface area contributed by atoms with E-state index in [1.807, 2.05) is 53.9 Å². The first-order valence-corrected chi connectivity index (χ1v) is 11.7. The van der Waals surface area contributed by atoms with E-state index in [1.54, 1.807) is 11.3 Å². The van der Waals surface area contributed by atoms with Crippen LogP contribution in [0.15, 0.2) is 53.9 Å². The Balaban J connectivity index is 1.70. The van der Waals surface area contributed by atoms with Gasteiger partial charge in [-0.3, -0.25) is 15.0 Å². The van der Waals surface area contributed by atoms with Gasteiger partial charge in [-0.1, -0.05) is 43.2 Å². The molecule has 0 radical (unpaired) electrons. The van der Waals surface area contributed by atoms with Crippen molar-refractivity contribution < 1.29 is 14.7 Å². The fraction of sp³-hybridized carbons (Fsp3) is 0.320. The van der Waals surface area contributed by atoms with Crippen LogP contribution in [0.1, 0.15) is 48.3 Å². The van der Waals surface area contributed by atoms with Gasteiger partial charge in [0, 0.05) is 16.3 Å². The fourth-order valence-corrected chi connectivity index (χ4v) is 5.56. The largest absolute Gasteiger partial charge is 0.481 e. The Kier molecular flexibility index (Phi) is 6.55. The molecule has 4 rings (SSSR count). The number of hydrogen-bond donors (Lipinski definition) is 4. The van der Waals surface area contributed by atoms with Crippen molar-refractivity contribution in [2.75, 3.05) is 0 Å². The lowest BCUT2D eigenvalue weighted by Crippen LogP contribution is -2.46. The lowest BCUT2D eigenvalue weighted by atomic mass is 9.83. The van der Waals surface area contributed by atoms with E-state index in [0.29, 0.717) is 24.8 Å². The normalized spacial score (nSPS) is 19.4. The minimum Gasteiger partial charge on any atom is -0.481 e. The number of nitrogens with two attached hydrogens (primary N) is 1. The molecule has 7 heteroatoms. The average molecular weight is 450 g/mol. The molecule has 32 heavy (non-hydrogen) atoms. The first-order chi connectivity index (χ1) is 15.4. The Morgan fingerprint density at radius 1 is 1.16 bits per heavy atom. The summed E-state index contributed by atoms with van der Waals surface area (Å²) in [4.78, 5) is 25.3. The zero-order valence-corrected chi connectivity index (χ0v) is 18.5. The predicted octanol–water partition coefficient (Wildman–Crippen LogP) is 4.27. The number of nitrogens with one attached hydrogen (secondary N) is 2. The number of carbonyl (C=O) groups excluding carboxylic acids is 1. The van der Waals surface area contributed by atoms with Crippen LogP contribution in [0, 0.1) is 11.3 Å². The summed E-state index contributed by atoms with van der Waals surface area (Å²) in [6.45, 7) is 0. The van der Waals surface area contributed by atoms with Crippen molar-refractivity contribution in [3.05, 3.63) is 70.6 Å². The zero-order valence-electron chi connectivity index (χ0n) is 17.7. The number of rotatable bonds is 7. The molecule has 3 aromatic rings. The summed E-state index contributed by atoms with van der Waals surface area (Å²) < 4.78 is 1.02. The smallest absolute Gasteiger partial charge is 0.308 e. The summed E-state index contributed by atoms with van der Waals surface area (Å²) in [7, 11) is 0. The maximum absolute atomic E-state index is 13.6. The predicted molar refractivity (Wildman–Crippen MR) is 127 cm³/mol. The van der Waals surface area contributed by atoms with Crippen LogP contribution in [-0.2, 0) is 16.0 Å². The summed E-state index contributed by atoms with van der Waals surface area (Å²) in [6.07, 6.45) is 3.57. The van der Waals surface area contributed by atoms with Gasteiger partial charge in [0.2, 0.25) is 5.91 Å². The molecule has 1 aliphatic carbocycles. The van der Waals surface area contributed by atoms with Crippen LogP contribution in [-0.4, -0.2) is 28.9 Å². The second-order valence-electron chi connectivity index (χ2n) is 8.40. The van der Waals surface area contributed by atoms with Gasteiger partial charge in [-0.05, 0) is 59.4 Å². The molecule has 1 amide bonds. The second-order valence-corrected chi connectivity index (χ2v) is 9.31. The Morgan fingerprint density at radius 3 is 2.62 bits per heavy atom. The summed E-state index contributed by atoms with van der Waals surface area (Å²) in [6, 6.07) is 15.1. The Bertz CT molecular complexity index is 1140. The van der Waals surface area contributed by atoms with Crippen molar-refractivity contribution in [2.24, 2.45) is 11.7 Å². The summed E-state index contributed by atoms with van der Waals surface area (Å²) in [5.74, 6) is -2.03. The molecule has 0 aliphatic heterocycles. The van der Waals surface area contributed by atoms with E-state index in [9.17, 15) is 14.7 Å². The molecule has 1 aliphatic rings. The Hall–Kier alpha value is -3.19. The number of aliphatic carboxylic acids is 1. The molecule has 1 fully saturated rings. The highest BCUT2D eigenvalue weighted by atomic mass is 32.1. The number of thiophene rings is 1. The quantitative estimate of drug-likeness (QED) is 0.318.